The van der Waals surface area contributed by atoms with Gasteiger partial charge in [-0.25, -0.2) is 9.48 Å². The Morgan fingerprint density at radius 2 is 2.06 bits per heavy atom. The fourth-order valence-electron chi connectivity index (χ4n) is 3.66. The van der Waals surface area contributed by atoms with Crippen LogP contribution in [0, 0.1) is 5.92 Å². The first-order valence-corrected chi connectivity index (χ1v) is 12.9. The van der Waals surface area contributed by atoms with Crippen molar-refractivity contribution in [1.82, 2.24) is 14.8 Å². The number of esters is 1. The molecule has 0 saturated carbocycles. The number of allylic oxidation sites excluding steroid dienone is 1. The largest absolute Gasteiger partial charge is 0.493 e. The molecule has 3 rings (SSSR count). The van der Waals surface area contributed by atoms with E-state index in [0.717, 1.165) is 30.6 Å². The molecule has 0 spiro atoms. The molecule has 2 heterocycles. The van der Waals surface area contributed by atoms with E-state index in [1.165, 1.54) is 0 Å². The highest BCUT2D eigenvalue weighted by molar-refractivity contribution is 7.99. The molecule has 34 heavy (non-hydrogen) atoms. The lowest BCUT2D eigenvalue weighted by atomic mass is 9.95. The number of nitrogens with one attached hydrogen (secondary N) is 1. The van der Waals surface area contributed by atoms with Crippen molar-refractivity contribution in [2.45, 2.75) is 65.1 Å². The van der Waals surface area contributed by atoms with Gasteiger partial charge in [-0.2, -0.15) is 4.98 Å². The molecule has 1 aliphatic heterocycles. The van der Waals surface area contributed by atoms with Gasteiger partial charge < -0.3 is 19.5 Å². The maximum Gasteiger partial charge on any atom is 0.338 e. The predicted molar refractivity (Wildman–Crippen MR) is 135 cm³/mol. The number of thioether (sulfide) groups is 1. The molecule has 8 nitrogen and oxygen atoms in total. The first kappa shape index (κ1) is 25.9. The van der Waals surface area contributed by atoms with Crippen molar-refractivity contribution in [2.24, 2.45) is 5.92 Å². The van der Waals surface area contributed by atoms with Crippen LogP contribution in [-0.2, 0) is 9.53 Å². The Kier molecular flexibility index (Phi) is 9.27. The van der Waals surface area contributed by atoms with Crippen molar-refractivity contribution < 1.29 is 19.0 Å². The average molecular weight is 489 g/mol. The van der Waals surface area contributed by atoms with Crippen molar-refractivity contribution in [3.05, 3.63) is 35.0 Å². The topological polar surface area (TPSA) is 87.5 Å². The number of ether oxygens (including phenoxy) is 3. The first-order valence-electron chi connectivity index (χ1n) is 11.9. The van der Waals surface area contributed by atoms with Gasteiger partial charge in [0.15, 0.2) is 11.5 Å². The molecule has 0 aliphatic carbocycles. The zero-order chi connectivity index (χ0) is 24.7. The normalized spacial score (nSPS) is 15.2. The molecule has 1 aromatic heterocycles. The third-order valence-electron chi connectivity index (χ3n) is 5.51. The SMILES string of the molecule is CCCCSc1nc2n(n1)C(c1ccc(OCCC(C)C)c(OC)c1)C(C(=O)OCC)=C(C)N2. The van der Waals surface area contributed by atoms with Crippen LogP contribution in [0.15, 0.2) is 34.6 Å². The van der Waals surface area contributed by atoms with Gasteiger partial charge in [0.1, 0.15) is 6.04 Å². The Hall–Kier alpha value is -2.68. The van der Waals surface area contributed by atoms with E-state index in [2.05, 4.69) is 31.1 Å². The summed E-state index contributed by atoms with van der Waals surface area (Å²) in [5, 5.41) is 8.66. The molecule has 0 fully saturated rings. The molecule has 0 saturated heterocycles. The summed E-state index contributed by atoms with van der Waals surface area (Å²) in [5.74, 6) is 3.00. The van der Waals surface area contributed by atoms with E-state index < -0.39 is 6.04 Å². The Balaban J connectivity index is 2.00. The number of hydrogen-bond acceptors (Lipinski definition) is 8. The Morgan fingerprint density at radius 3 is 2.74 bits per heavy atom. The van der Waals surface area contributed by atoms with E-state index in [4.69, 9.17) is 19.3 Å². The lowest BCUT2D eigenvalue weighted by Gasteiger charge is -2.28. The summed E-state index contributed by atoms with van der Waals surface area (Å²) in [6.45, 7) is 11.0. The number of rotatable bonds is 12. The number of unbranched alkanes of at least 4 members (excludes halogenated alkanes) is 1. The van der Waals surface area contributed by atoms with Crippen LogP contribution in [0.2, 0.25) is 0 Å². The van der Waals surface area contributed by atoms with E-state index in [1.807, 2.05) is 25.1 Å². The number of fused-ring (bicyclic) bond motifs is 1. The van der Waals surface area contributed by atoms with Gasteiger partial charge >= 0.3 is 5.97 Å². The van der Waals surface area contributed by atoms with Crippen molar-refractivity contribution in [3.8, 4) is 11.5 Å². The number of hydrogen-bond donors (Lipinski definition) is 1. The lowest BCUT2D eigenvalue weighted by Crippen LogP contribution is -2.29. The Morgan fingerprint density at radius 1 is 1.26 bits per heavy atom. The van der Waals surface area contributed by atoms with E-state index in [0.29, 0.717) is 46.4 Å². The third-order valence-corrected chi connectivity index (χ3v) is 6.44. The number of carbonyl (C=O) groups is 1. The van der Waals surface area contributed by atoms with Gasteiger partial charge in [-0.3, -0.25) is 0 Å². The highest BCUT2D eigenvalue weighted by atomic mass is 32.2. The molecule has 1 aromatic carbocycles. The maximum absolute atomic E-state index is 13.0. The van der Waals surface area contributed by atoms with Crippen molar-refractivity contribution >= 4 is 23.7 Å². The molecular weight excluding hydrogens is 452 g/mol. The zero-order valence-electron chi connectivity index (χ0n) is 21.0. The Bertz CT molecular complexity index is 1020. The first-order chi connectivity index (χ1) is 16.4. The second-order valence-corrected chi connectivity index (χ2v) is 9.65. The summed E-state index contributed by atoms with van der Waals surface area (Å²) >= 11 is 1.62. The molecule has 9 heteroatoms. The quantitative estimate of drug-likeness (QED) is 0.240. The lowest BCUT2D eigenvalue weighted by molar-refractivity contribution is -0.139. The van der Waals surface area contributed by atoms with Crippen LogP contribution in [0.1, 0.15) is 65.5 Å². The minimum absolute atomic E-state index is 0.288. The zero-order valence-corrected chi connectivity index (χ0v) is 21.8. The van der Waals surface area contributed by atoms with Crippen molar-refractivity contribution in [3.63, 3.8) is 0 Å². The van der Waals surface area contributed by atoms with Crippen LogP contribution >= 0.6 is 11.8 Å². The van der Waals surface area contributed by atoms with E-state index in [1.54, 1.807) is 30.5 Å². The molecular formula is C25H36N4O4S. The second kappa shape index (κ2) is 12.1. The minimum Gasteiger partial charge on any atom is -0.493 e. The van der Waals surface area contributed by atoms with E-state index >= 15 is 0 Å². The molecule has 1 unspecified atom stereocenters. The van der Waals surface area contributed by atoms with Gasteiger partial charge in [0.25, 0.3) is 0 Å². The Labute approximate surface area is 206 Å². The van der Waals surface area contributed by atoms with Crippen LogP contribution in [0.5, 0.6) is 11.5 Å². The molecule has 1 N–H and O–H groups in total. The third kappa shape index (κ3) is 6.05. The average Bonchev–Trinajstić information content (AvgIpc) is 3.20. The van der Waals surface area contributed by atoms with Crippen LogP contribution in [0.3, 0.4) is 0 Å². The van der Waals surface area contributed by atoms with Gasteiger partial charge in [0.05, 0.1) is 25.9 Å². The summed E-state index contributed by atoms with van der Waals surface area (Å²) in [6.07, 6.45) is 3.15. The van der Waals surface area contributed by atoms with Gasteiger partial charge in [0, 0.05) is 11.4 Å². The van der Waals surface area contributed by atoms with Gasteiger partial charge in [-0.1, -0.05) is 45.0 Å². The van der Waals surface area contributed by atoms with E-state index in [-0.39, 0.29) is 12.6 Å². The molecule has 186 valence electrons. The molecule has 0 amide bonds. The van der Waals surface area contributed by atoms with Crippen LogP contribution in [0.4, 0.5) is 5.95 Å². The van der Waals surface area contributed by atoms with Crippen LogP contribution in [0.25, 0.3) is 0 Å². The molecule has 1 atom stereocenters. The number of carbonyl (C=O) groups excluding carboxylic acids is 1. The molecule has 0 radical (unpaired) electrons. The number of anilines is 1. The summed E-state index contributed by atoms with van der Waals surface area (Å²) in [6, 6.07) is 5.25. The number of benzene rings is 1. The van der Waals surface area contributed by atoms with Crippen LogP contribution in [-0.4, -0.2) is 46.8 Å². The van der Waals surface area contributed by atoms with Gasteiger partial charge in [0.2, 0.25) is 11.1 Å². The minimum atomic E-state index is -0.498. The summed E-state index contributed by atoms with van der Waals surface area (Å²) < 4.78 is 18.8. The number of aromatic nitrogens is 3. The fourth-order valence-corrected chi connectivity index (χ4v) is 4.57. The number of nitrogens with zero attached hydrogens (tertiary/aromatic N) is 3. The highest BCUT2D eigenvalue weighted by Gasteiger charge is 2.35. The summed E-state index contributed by atoms with van der Waals surface area (Å²) in [4.78, 5) is 17.7. The van der Waals surface area contributed by atoms with Gasteiger partial charge in [-0.15, -0.1) is 5.10 Å². The maximum atomic E-state index is 13.0. The summed E-state index contributed by atoms with van der Waals surface area (Å²) in [5.41, 5.74) is 2.04. The molecule has 0 bridgehead atoms. The summed E-state index contributed by atoms with van der Waals surface area (Å²) in [7, 11) is 1.62. The van der Waals surface area contributed by atoms with E-state index in [9.17, 15) is 4.79 Å². The van der Waals surface area contributed by atoms with Crippen molar-refractivity contribution in [2.75, 3.05) is 31.4 Å². The monoisotopic (exact) mass is 488 g/mol. The van der Waals surface area contributed by atoms with Gasteiger partial charge in [-0.05, 0) is 50.3 Å². The van der Waals surface area contributed by atoms with Crippen LogP contribution < -0.4 is 14.8 Å². The number of methoxy groups -OCH3 is 1. The predicted octanol–water partition coefficient (Wildman–Crippen LogP) is 5.46. The second-order valence-electron chi connectivity index (χ2n) is 8.59. The van der Waals surface area contributed by atoms with Crippen molar-refractivity contribution in [1.29, 1.82) is 0 Å². The standard InChI is InChI=1S/C25H36N4O4S/c1-7-9-14-34-25-27-24-26-17(5)21(23(30)32-8-2)22(29(24)28-25)18-10-11-19(20(15-18)31-6)33-13-12-16(3)4/h10-11,15-16,22H,7-9,12-14H2,1-6H3,(H,26,27,28). The molecule has 1 aliphatic rings. The molecule has 2 aromatic rings. The highest BCUT2D eigenvalue weighted by Crippen LogP contribution is 2.40. The smallest absolute Gasteiger partial charge is 0.338 e. The fraction of sp³-hybridized carbons (Fsp3) is 0.560.